The molecule has 110 valence electrons. The van der Waals surface area contributed by atoms with Crippen molar-refractivity contribution < 1.29 is 19.0 Å². The Hall–Kier alpha value is -1.95. The van der Waals surface area contributed by atoms with Crippen molar-refractivity contribution in [3.8, 4) is 17.2 Å². The van der Waals surface area contributed by atoms with E-state index in [1.165, 1.54) is 0 Å². The van der Waals surface area contributed by atoms with Crippen molar-refractivity contribution in [1.29, 1.82) is 0 Å². The highest BCUT2D eigenvalue weighted by molar-refractivity contribution is 5.77. The third-order valence-electron chi connectivity index (χ3n) is 2.82. The summed E-state index contributed by atoms with van der Waals surface area (Å²) in [7, 11) is 4.01. The number of carbonyl (C=O) groups excluding carboxylic acids is 1. The summed E-state index contributed by atoms with van der Waals surface area (Å²) in [4.78, 5) is 13.7. The van der Waals surface area contributed by atoms with Crippen LogP contribution in [0, 0.1) is 0 Å². The molecule has 6 heteroatoms. The highest BCUT2D eigenvalue weighted by Gasteiger charge is 2.14. The number of carbonyl (C=O) groups is 1. The minimum atomic E-state index is -0.124. The molecule has 1 aromatic rings. The minimum absolute atomic E-state index is 0.00160. The summed E-state index contributed by atoms with van der Waals surface area (Å²) in [6, 6.07) is 5.25. The van der Waals surface area contributed by atoms with Gasteiger partial charge >= 0.3 is 0 Å². The van der Waals surface area contributed by atoms with Crippen LogP contribution in [-0.4, -0.2) is 51.4 Å². The highest BCUT2D eigenvalue weighted by atomic mass is 16.7. The van der Waals surface area contributed by atoms with Gasteiger partial charge in [0.2, 0.25) is 6.79 Å². The molecule has 1 amide bonds. The largest absolute Gasteiger partial charge is 0.484 e. The van der Waals surface area contributed by atoms with Gasteiger partial charge in [-0.2, -0.15) is 0 Å². The molecule has 2 rings (SSSR count). The summed E-state index contributed by atoms with van der Waals surface area (Å²) in [6.07, 6.45) is 0.919. The van der Waals surface area contributed by atoms with Crippen LogP contribution in [0.3, 0.4) is 0 Å². The molecule has 0 aromatic heterocycles. The molecule has 20 heavy (non-hydrogen) atoms. The average Bonchev–Trinajstić information content (AvgIpc) is 2.88. The van der Waals surface area contributed by atoms with Gasteiger partial charge in [0, 0.05) is 12.6 Å². The molecule has 0 saturated carbocycles. The predicted octanol–water partition coefficient (Wildman–Crippen LogP) is 0.862. The van der Waals surface area contributed by atoms with Crippen molar-refractivity contribution in [3.05, 3.63) is 18.2 Å². The molecular weight excluding hydrogens is 260 g/mol. The summed E-state index contributed by atoms with van der Waals surface area (Å²) in [5.74, 6) is 1.82. The fraction of sp³-hybridized carbons (Fsp3) is 0.500. The molecule has 0 fully saturated rings. The molecule has 1 aromatic carbocycles. The number of amides is 1. The first-order valence-corrected chi connectivity index (χ1v) is 6.59. The first-order valence-electron chi connectivity index (χ1n) is 6.59. The SMILES string of the molecule is CN(C)CCCNC(=O)COc1ccc2c(c1)OCO2. The van der Waals surface area contributed by atoms with E-state index in [4.69, 9.17) is 14.2 Å². The topological polar surface area (TPSA) is 60.0 Å². The van der Waals surface area contributed by atoms with Crippen molar-refractivity contribution >= 4 is 5.91 Å². The van der Waals surface area contributed by atoms with E-state index >= 15 is 0 Å². The zero-order valence-corrected chi connectivity index (χ0v) is 11.8. The molecule has 0 saturated heterocycles. The maximum Gasteiger partial charge on any atom is 0.257 e. The Morgan fingerprint density at radius 2 is 2.15 bits per heavy atom. The van der Waals surface area contributed by atoms with Crippen LogP contribution in [0.4, 0.5) is 0 Å². The lowest BCUT2D eigenvalue weighted by molar-refractivity contribution is -0.123. The highest BCUT2D eigenvalue weighted by Crippen LogP contribution is 2.34. The third kappa shape index (κ3) is 4.31. The van der Waals surface area contributed by atoms with Gasteiger partial charge in [0.05, 0.1) is 0 Å². The summed E-state index contributed by atoms with van der Waals surface area (Å²) < 4.78 is 15.9. The third-order valence-corrected chi connectivity index (χ3v) is 2.82. The fourth-order valence-corrected chi connectivity index (χ4v) is 1.79. The molecule has 6 nitrogen and oxygen atoms in total. The van der Waals surface area contributed by atoms with E-state index in [-0.39, 0.29) is 19.3 Å². The molecular formula is C14H20N2O4. The number of ether oxygens (including phenoxy) is 3. The second kappa shape index (κ2) is 7.00. The van der Waals surface area contributed by atoms with Crippen LogP contribution < -0.4 is 19.5 Å². The smallest absolute Gasteiger partial charge is 0.257 e. The number of nitrogens with zero attached hydrogens (tertiary/aromatic N) is 1. The molecule has 1 heterocycles. The van der Waals surface area contributed by atoms with Gasteiger partial charge < -0.3 is 24.4 Å². The summed E-state index contributed by atoms with van der Waals surface area (Å²) in [6.45, 7) is 1.83. The maximum atomic E-state index is 11.6. The van der Waals surface area contributed by atoms with E-state index < -0.39 is 0 Å². The molecule has 0 spiro atoms. The van der Waals surface area contributed by atoms with Crippen LogP contribution in [0.25, 0.3) is 0 Å². The molecule has 1 aliphatic heterocycles. The second-order valence-corrected chi connectivity index (χ2v) is 4.81. The van der Waals surface area contributed by atoms with Crippen molar-refractivity contribution in [3.63, 3.8) is 0 Å². The fourth-order valence-electron chi connectivity index (χ4n) is 1.79. The number of fused-ring (bicyclic) bond motifs is 1. The normalized spacial score (nSPS) is 12.6. The monoisotopic (exact) mass is 280 g/mol. The van der Waals surface area contributed by atoms with Crippen molar-refractivity contribution in [1.82, 2.24) is 10.2 Å². The number of hydrogen-bond acceptors (Lipinski definition) is 5. The Morgan fingerprint density at radius 1 is 1.35 bits per heavy atom. The predicted molar refractivity (Wildman–Crippen MR) is 74.2 cm³/mol. The van der Waals surface area contributed by atoms with Crippen molar-refractivity contribution in [2.45, 2.75) is 6.42 Å². The standard InChI is InChI=1S/C14H20N2O4/c1-16(2)7-3-6-15-14(17)9-18-11-4-5-12-13(8-11)20-10-19-12/h4-5,8H,3,6-7,9-10H2,1-2H3,(H,15,17). The van der Waals surface area contributed by atoms with E-state index in [9.17, 15) is 4.79 Å². The van der Waals surface area contributed by atoms with E-state index in [2.05, 4.69) is 10.2 Å². The quantitative estimate of drug-likeness (QED) is 0.751. The average molecular weight is 280 g/mol. The molecule has 1 N–H and O–H groups in total. The summed E-state index contributed by atoms with van der Waals surface area (Å²) in [5, 5.41) is 2.81. The summed E-state index contributed by atoms with van der Waals surface area (Å²) >= 11 is 0. The molecule has 0 bridgehead atoms. The molecule has 0 atom stereocenters. The van der Waals surface area contributed by atoms with Gasteiger partial charge in [-0.3, -0.25) is 4.79 Å². The van der Waals surface area contributed by atoms with Crippen LogP contribution >= 0.6 is 0 Å². The second-order valence-electron chi connectivity index (χ2n) is 4.81. The Bertz CT molecular complexity index is 462. The lowest BCUT2D eigenvalue weighted by Crippen LogP contribution is -2.31. The summed E-state index contributed by atoms with van der Waals surface area (Å²) in [5.41, 5.74) is 0. The minimum Gasteiger partial charge on any atom is -0.484 e. The lowest BCUT2D eigenvalue weighted by atomic mass is 10.3. The van der Waals surface area contributed by atoms with Crippen LogP contribution in [-0.2, 0) is 4.79 Å². The number of benzene rings is 1. The number of hydrogen-bond donors (Lipinski definition) is 1. The van der Waals surface area contributed by atoms with Crippen LogP contribution in [0.2, 0.25) is 0 Å². The van der Waals surface area contributed by atoms with Gasteiger partial charge in [-0.05, 0) is 39.2 Å². The molecule has 0 radical (unpaired) electrons. The Kier molecular flexibility index (Phi) is 5.06. The number of nitrogens with one attached hydrogen (secondary N) is 1. The first kappa shape index (κ1) is 14.5. The molecule has 0 aliphatic carbocycles. The van der Waals surface area contributed by atoms with Gasteiger partial charge in [0.15, 0.2) is 18.1 Å². The van der Waals surface area contributed by atoms with Crippen molar-refractivity contribution in [2.75, 3.05) is 40.6 Å². The van der Waals surface area contributed by atoms with Gasteiger partial charge in [-0.15, -0.1) is 0 Å². The Morgan fingerprint density at radius 3 is 2.95 bits per heavy atom. The zero-order valence-electron chi connectivity index (χ0n) is 11.8. The number of rotatable bonds is 7. The molecule has 0 unspecified atom stereocenters. The van der Waals surface area contributed by atoms with Gasteiger partial charge in [0.1, 0.15) is 5.75 Å². The Balaban J connectivity index is 1.68. The van der Waals surface area contributed by atoms with Crippen LogP contribution in [0.15, 0.2) is 18.2 Å². The van der Waals surface area contributed by atoms with Gasteiger partial charge in [0.25, 0.3) is 5.91 Å². The maximum absolute atomic E-state index is 11.6. The van der Waals surface area contributed by atoms with E-state index in [1.807, 2.05) is 14.1 Å². The Labute approximate surface area is 118 Å². The van der Waals surface area contributed by atoms with E-state index in [0.29, 0.717) is 23.8 Å². The van der Waals surface area contributed by atoms with Crippen LogP contribution in [0.1, 0.15) is 6.42 Å². The van der Waals surface area contributed by atoms with Gasteiger partial charge in [-0.1, -0.05) is 0 Å². The van der Waals surface area contributed by atoms with Crippen molar-refractivity contribution in [2.24, 2.45) is 0 Å². The van der Waals surface area contributed by atoms with Gasteiger partial charge in [-0.25, -0.2) is 0 Å². The molecule has 1 aliphatic rings. The van der Waals surface area contributed by atoms with E-state index in [0.717, 1.165) is 13.0 Å². The van der Waals surface area contributed by atoms with E-state index in [1.54, 1.807) is 18.2 Å². The van der Waals surface area contributed by atoms with Crippen LogP contribution in [0.5, 0.6) is 17.2 Å². The lowest BCUT2D eigenvalue weighted by Gasteiger charge is -2.10. The first-order chi connectivity index (χ1) is 9.65. The zero-order chi connectivity index (χ0) is 14.4.